The van der Waals surface area contributed by atoms with Gasteiger partial charge in [0.15, 0.2) is 0 Å². The Bertz CT molecular complexity index is 387. The fourth-order valence-corrected chi connectivity index (χ4v) is 0.998. The molecule has 0 aromatic carbocycles. The minimum Gasteiger partial charge on any atom is -0.392 e. The Morgan fingerprint density at radius 3 is 3.00 bits per heavy atom. The van der Waals surface area contributed by atoms with E-state index < -0.39 is 11.0 Å². The monoisotopic (exact) mass is 228 g/mol. The lowest BCUT2D eigenvalue weighted by molar-refractivity contribution is -0.385. The highest BCUT2D eigenvalue weighted by atomic mass is 16.6. The van der Waals surface area contributed by atoms with Crippen LogP contribution in [0.1, 0.15) is 6.92 Å². The fourth-order valence-electron chi connectivity index (χ4n) is 0.998. The number of nitrogens with one attached hydrogen (secondary N) is 1. The average Bonchev–Trinajstić information content (AvgIpc) is 2.63. The molecule has 2 N–H and O–H groups in total. The highest BCUT2D eigenvalue weighted by molar-refractivity contribution is 5.75. The molecule has 0 unspecified atom stereocenters. The maximum Gasteiger partial charge on any atom is 0.307 e. The van der Waals surface area contributed by atoms with Crippen LogP contribution in [0.15, 0.2) is 12.4 Å². The summed E-state index contributed by atoms with van der Waals surface area (Å²) in [5, 5.41) is 25.4. The number of carbonyl (C=O) groups excluding carboxylic acids is 1. The van der Waals surface area contributed by atoms with E-state index in [1.165, 1.54) is 6.20 Å². The molecule has 16 heavy (non-hydrogen) atoms. The van der Waals surface area contributed by atoms with Gasteiger partial charge in [0.05, 0.1) is 11.0 Å². The van der Waals surface area contributed by atoms with Gasteiger partial charge in [0, 0.05) is 6.54 Å². The molecule has 0 saturated heterocycles. The number of hydrogen-bond acceptors (Lipinski definition) is 5. The number of nitro groups is 1. The van der Waals surface area contributed by atoms with E-state index in [1.807, 2.05) is 0 Å². The first-order chi connectivity index (χ1) is 7.49. The van der Waals surface area contributed by atoms with E-state index >= 15 is 0 Å². The normalized spacial score (nSPS) is 12.1. The number of aliphatic hydroxyl groups excluding tert-OH is 1. The summed E-state index contributed by atoms with van der Waals surface area (Å²) in [6.07, 6.45) is 1.61. The van der Waals surface area contributed by atoms with E-state index in [-0.39, 0.29) is 24.7 Å². The van der Waals surface area contributed by atoms with Crippen molar-refractivity contribution >= 4 is 11.6 Å². The molecule has 1 aromatic heterocycles. The van der Waals surface area contributed by atoms with Crippen molar-refractivity contribution in [3.8, 4) is 0 Å². The van der Waals surface area contributed by atoms with Crippen LogP contribution in [-0.4, -0.2) is 38.4 Å². The molecule has 1 atom stereocenters. The number of aliphatic hydroxyl groups is 1. The molecule has 8 heteroatoms. The highest BCUT2D eigenvalue weighted by Crippen LogP contribution is 2.07. The third-order valence-electron chi connectivity index (χ3n) is 1.73. The van der Waals surface area contributed by atoms with Crippen LogP contribution in [-0.2, 0) is 11.3 Å². The Morgan fingerprint density at radius 1 is 1.81 bits per heavy atom. The number of amides is 1. The molecule has 0 aliphatic rings. The summed E-state index contributed by atoms with van der Waals surface area (Å²) in [6.45, 7) is 1.57. The minimum absolute atomic E-state index is 0.111. The van der Waals surface area contributed by atoms with Crippen LogP contribution in [0.25, 0.3) is 0 Å². The maximum atomic E-state index is 11.2. The van der Waals surface area contributed by atoms with Crippen molar-refractivity contribution in [3.05, 3.63) is 22.5 Å². The number of hydrogen-bond donors (Lipinski definition) is 2. The molecule has 1 aromatic rings. The predicted octanol–water partition coefficient (Wildman–Crippen LogP) is -0.712. The van der Waals surface area contributed by atoms with Crippen LogP contribution in [0.5, 0.6) is 0 Å². The topological polar surface area (TPSA) is 110 Å². The number of nitrogens with zero attached hydrogens (tertiary/aromatic N) is 3. The molecule has 0 saturated carbocycles. The van der Waals surface area contributed by atoms with E-state index in [4.69, 9.17) is 5.11 Å². The van der Waals surface area contributed by atoms with Gasteiger partial charge in [-0.3, -0.25) is 19.6 Å². The molecule has 0 spiro atoms. The van der Waals surface area contributed by atoms with Crippen LogP contribution >= 0.6 is 0 Å². The molecule has 0 radical (unpaired) electrons. The van der Waals surface area contributed by atoms with E-state index in [0.717, 1.165) is 10.9 Å². The second-order valence-electron chi connectivity index (χ2n) is 3.31. The van der Waals surface area contributed by atoms with Crippen LogP contribution < -0.4 is 5.32 Å². The molecule has 0 aliphatic heterocycles. The molecule has 1 heterocycles. The lowest BCUT2D eigenvalue weighted by atomic mass is 10.4. The van der Waals surface area contributed by atoms with Gasteiger partial charge in [-0.1, -0.05) is 0 Å². The Hall–Kier alpha value is -1.96. The zero-order chi connectivity index (χ0) is 12.1. The van der Waals surface area contributed by atoms with E-state index in [9.17, 15) is 14.9 Å². The van der Waals surface area contributed by atoms with Crippen molar-refractivity contribution in [2.75, 3.05) is 6.54 Å². The number of rotatable bonds is 5. The van der Waals surface area contributed by atoms with E-state index in [1.54, 1.807) is 6.92 Å². The van der Waals surface area contributed by atoms with Gasteiger partial charge in [0.25, 0.3) is 0 Å². The van der Waals surface area contributed by atoms with Gasteiger partial charge in [0.1, 0.15) is 18.9 Å². The van der Waals surface area contributed by atoms with Gasteiger partial charge >= 0.3 is 5.69 Å². The summed E-state index contributed by atoms with van der Waals surface area (Å²) < 4.78 is 1.16. The second-order valence-corrected chi connectivity index (χ2v) is 3.31. The molecule has 88 valence electrons. The Kier molecular flexibility index (Phi) is 3.95. The summed E-state index contributed by atoms with van der Waals surface area (Å²) in [5.41, 5.74) is -0.164. The quantitative estimate of drug-likeness (QED) is 0.510. The van der Waals surface area contributed by atoms with Crippen LogP contribution in [0.3, 0.4) is 0 Å². The maximum absolute atomic E-state index is 11.2. The SMILES string of the molecule is C[C@H](O)CNC(=O)Cn1cc([N+](=O)[O-])cn1. The molecular formula is C8H12N4O4. The van der Waals surface area contributed by atoms with Crippen molar-refractivity contribution in [2.24, 2.45) is 0 Å². The highest BCUT2D eigenvalue weighted by Gasteiger charge is 2.11. The van der Waals surface area contributed by atoms with Crippen LogP contribution in [0.2, 0.25) is 0 Å². The Morgan fingerprint density at radius 2 is 2.50 bits per heavy atom. The summed E-state index contributed by atoms with van der Waals surface area (Å²) >= 11 is 0. The first-order valence-electron chi connectivity index (χ1n) is 4.60. The van der Waals surface area contributed by atoms with Gasteiger partial charge < -0.3 is 10.4 Å². The third-order valence-corrected chi connectivity index (χ3v) is 1.73. The van der Waals surface area contributed by atoms with Crippen molar-refractivity contribution in [1.29, 1.82) is 0 Å². The van der Waals surface area contributed by atoms with E-state index in [0.29, 0.717) is 0 Å². The second kappa shape index (κ2) is 5.21. The standard InChI is InChI=1S/C8H12N4O4/c1-6(13)2-9-8(14)5-11-4-7(3-10-11)12(15)16/h3-4,6,13H,2,5H2,1H3,(H,9,14)/t6-/m0/s1. The van der Waals surface area contributed by atoms with Crippen molar-refractivity contribution in [3.63, 3.8) is 0 Å². The predicted molar refractivity (Wildman–Crippen MR) is 53.6 cm³/mol. The smallest absolute Gasteiger partial charge is 0.307 e. The average molecular weight is 228 g/mol. The van der Waals surface area contributed by atoms with Crippen molar-refractivity contribution < 1.29 is 14.8 Å². The first-order valence-corrected chi connectivity index (χ1v) is 4.60. The summed E-state index contributed by atoms with van der Waals surface area (Å²) in [7, 11) is 0. The van der Waals surface area contributed by atoms with Gasteiger partial charge in [-0.15, -0.1) is 0 Å². The third kappa shape index (κ3) is 3.65. The largest absolute Gasteiger partial charge is 0.392 e. The lowest BCUT2D eigenvalue weighted by Gasteiger charge is -2.06. The van der Waals surface area contributed by atoms with Gasteiger partial charge in [0.2, 0.25) is 5.91 Å². The zero-order valence-corrected chi connectivity index (χ0v) is 8.66. The molecule has 1 rings (SSSR count). The molecule has 8 nitrogen and oxygen atoms in total. The van der Waals surface area contributed by atoms with Crippen LogP contribution in [0.4, 0.5) is 5.69 Å². The molecule has 1 amide bonds. The summed E-state index contributed by atoms with van der Waals surface area (Å²) in [6, 6.07) is 0. The summed E-state index contributed by atoms with van der Waals surface area (Å²) in [5.74, 6) is -0.362. The van der Waals surface area contributed by atoms with Crippen molar-refractivity contribution in [1.82, 2.24) is 15.1 Å². The zero-order valence-electron chi connectivity index (χ0n) is 8.66. The Balaban J connectivity index is 2.46. The number of aromatic nitrogens is 2. The molecular weight excluding hydrogens is 216 g/mol. The molecule has 0 aliphatic carbocycles. The van der Waals surface area contributed by atoms with Gasteiger partial charge in [-0.2, -0.15) is 5.10 Å². The fraction of sp³-hybridized carbons (Fsp3) is 0.500. The minimum atomic E-state index is -0.629. The van der Waals surface area contributed by atoms with Gasteiger partial charge in [-0.05, 0) is 6.92 Å². The first kappa shape index (κ1) is 12.1. The molecule has 0 bridgehead atoms. The van der Waals surface area contributed by atoms with E-state index in [2.05, 4.69) is 10.4 Å². The van der Waals surface area contributed by atoms with Crippen LogP contribution in [0, 0.1) is 10.1 Å². The molecule has 0 fully saturated rings. The van der Waals surface area contributed by atoms with Gasteiger partial charge in [-0.25, -0.2) is 0 Å². The number of carbonyl (C=O) groups is 1. The van der Waals surface area contributed by atoms with Crippen molar-refractivity contribution in [2.45, 2.75) is 19.6 Å². The Labute approximate surface area is 91.0 Å². The summed E-state index contributed by atoms with van der Waals surface area (Å²) in [4.78, 5) is 21.0. The lowest BCUT2D eigenvalue weighted by Crippen LogP contribution is -2.33.